The SMILES string of the molecule is Cc1c(Cl)cc(C(O)CN)c(C)c1F. The highest BCUT2D eigenvalue weighted by molar-refractivity contribution is 6.31. The van der Waals surface area contributed by atoms with Crippen LogP contribution in [-0.2, 0) is 0 Å². The van der Waals surface area contributed by atoms with Gasteiger partial charge in [0.2, 0.25) is 0 Å². The molecule has 1 rings (SSSR count). The van der Waals surface area contributed by atoms with Gasteiger partial charge in [0.1, 0.15) is 5.82 Å². The van der Waals surface area contributed by atoms with Crippen molar-refractivity contribution in [3.8, 4) is 0 Å². The Labute approximate surface area is 87.5 Å². The monoisotopic (exact) mass is 217 g/mol. The lowest BCUT2D eigenvalue weighted by Crippen LogP contribution is -2.13. The molecule has 0 heterocycles. The van der Waals surface area contributed by atoms with E-state index in [9.17, 15) is 9.50 Å². The molecular formula is C10H13ClFNO. The Morgan fingerprint density at radius 1 is 1.50 bits per heavy atom. The van der Waals surface area contributed by atoms with Gasteiger partial charge in [0, 0.05) is 17.1 Å². The van der Waals surface area contributed by atoms with Crippen molar-refractivity contribution in [1.29, 1.82) is 0 Å². The van der Waals surface area contributed by atoms with Crippen molar-refractivity contribution in [3.05, 3.63) is 33.6 Å². The maximum absolute atomic E-state index is 13.5. The molecule has 14 heavy (non-hydrogen) atoms. The topological polar surface area (TPSA) is 46.2 Å². The van der Waals surface area contributed by atoms with Crippen LogP contribution in [0.5, 0.6) is 0 Å². The average molecular weight is 218 g/mol. The molecule has 0 saturated carbocycles. The maximum atomic E-state index is 13.5. The summed E-state index contributed by atoms with van der Waals surface area (Å²) in [5, 5.41) is 9.81. The van der Waals surface area contributed by atoms with Crippen LogP contribution in [0.15, 0.2) is 6.07 Å². The standard InChI is InChI=1S/C10H13ClFNO/c1-5-7(9(14)4-13)3-8(11)6(2)10(5)12/h3,9,14H,4,13H2,1-2H3. The van der Waals surface area contributed by atoms with Gasteiger partial charge in [-0.05, 0) is 31.0 Å². The summed E-state index contributed by atoms with van der Waals surface area (Å²) in [5.41, 5.74) is 6.56. The van der Waals surface area contributed by atoms with Gasteiger partial charge in [0.15, 0.2) is 0 Å². The number of aliphatic hydroxyl groups excluding tert-OH is 1. The fraction of sp³-hybridized carbons (Fsp3) is 0.400. The predicted molar refractivity (Wildman–Crippen MR) is 54.9 cm³/mol. The Hall–Kier alpha value is -0.640. The van der Waals surface area contributed by atoms with Gasteiger partial charge in [0.05, 0.1) is 6.10 Å². The maximum Gasteiger partial charge on any atom is 0.130 e. The summed E-state index contributed by atoms with van der Waals surface area (Å²) in [7, 11) is 0. The number of hydrogen-bond donors (Lipinski definition) is 2. The van der Waals surface area contributed by atoms with E-state index in [0.717, 1.165) is 0 Å². The summed E-state index contributed by atoms with van der Waals surface area (Å²) in [5.74, 6) is -0.375. The Morgan fingerprint density at radius 2 is 2.07 bits per heavy atom. The molecule has 2 nitrogen and oxygen atoms in total. The lowest BCUT2D eigenvalue weighted by molar-refractivity contribution is 0.185. The van der Waals surface area contributed by atoms with Crippen molar-refractivity contribution in [2.75, 3.05) is 6.54 Å². The molecule has 0 aliphatic heterocycles. The molecule has 78 valence electrons. The molecule has 0 aliphatic rings. The molecule has 0 saturated heterocycles. The number of benzene rings is 1. The van der Waals surface area contributed by atoms with Crippen LogP contribution in [0.2, 0.25) is 5.02 Å². The van der Waals surface area contributed by atoms with Crippen LogP contribution in [0, 0.1) is 19.7 Å². The lowest BCUT2D eigenvalue weighted by atomic mass is 10.0. The van der Waals surface area contributed by atoms with Gasteiger partial charge in [0.25, 0.3) is 0 Å². The molecule has 0 amide bonds. The van der Waals surface area contributed by atoms with Gasteiger partial charge in [-0.25, -0.2) is 4.39 Å². The van der Waals surface area contributed by atoms with Gasteiger partial charge in [-0.3, -0.25) is 0 Å². The largest absolute Gasteiger partial charge is 0.387 e. The molecule has 4 heteroatoms. The number of rotatable bonds is 2. The van der Waals surface area contributed by atoms with Gasteiger partial charge in [-0.2, -0.15) is 0 Å². The van der Waals surface area contributed by atoms with Crippen LogP contribution in [0.3, 0.4) is 0 Å². The average Bonchev–Trinajstić information content (AvgIpc) is 2.19. The molecule has 0 spiro atoms. The molecule has 0 aromatic heterocycles. The zero-order chi connectivity index (χ0) is 10.9. The third-order valence-corrected chi connectivity index (χ3v) is 2.71. The van der Waals surface area contributed by atoms with E-state index in [2.05, 4.69) is 0 Å². The first-order chi connectivity index (χ1) is 6.49. The molecule has 1 aromatic rings. The molecule has 1 aromatic carbocycles. The normalized spacial score (nSPS) is 13.0. The summed E-state index contributed by atoms with van der Waals surface area (Å²) in [6.07, 6.45) is -0.859. The van der Waals surface area contributed by atoms with E-state index in [-0.39, 0.29) is 12.4 Å². The smallest absolute Gasteiger partial charge is 0.130 e. The Kier molecular flexibility index (Phi) is 3.48. The molecule has 0 fully saturated rings. The fourth-order valence-corrected chi connectivity index (χ4v) is 1.54. The first-order valence-electron chi connectivity index (χ1n) is 4.32. The Morgan fingerprint density at radius 3 is 2.57 bits per heavy atom. The lowest BCUT2D eigenvalue weighted by Gasteiger charge is -2.14. The van der Waals surface area contributed by atoms with Crippen molar-refractivity contribution in [1.82, 2.24) is 0 Å². The van der Waals surface area contributed by atoms with Crippen LogP contribution < -0.4 is 5.73 Å². The number of hydrogen-bond acceptors (Lipinski definition) is 2. The molecule has 1 atom stereocenters. The Bertz CT molecular complexity index is 354. The van der Waals surface area contributed by atoms with Crippen molar-refractivity contribution in [3.63, 3.8) is 0 Å². The second kappa shape index (κ2) is 4.26. The predicted octanol–water partition coefficient (Wildman–Crippen LogP) is 2.09. The van der Waals surface area contributed by atoms with E-state index < -0.39 is 6.10 Å². The highest BCUT2D eigenvalue weighted by atomic mass is 35.5. The van der Waals surface area contributed by atoms with Gasteiger partial charge in [-0.1, -0.05) is 11.6 Å². The minimum atomic E-state index is -0.859. The highest BCUT2D eigenvalue weighted by Gasteiger charge is 2.15. The second-order valence-electron chi connectivity index (χ2n) is 3.26. The quantitative estimate of drug-likeness (QED) is 0.797. The number of halogens is 2. The van der Waals surface area contributed by atoms with E-state index in [1.165, 1.54) is 0 Å². The minimum Gasteiger partial charge on any atom is -0.387 e. The summed E-state index contributed by atoms with van der Waals surface area (Å²) in [6, 6.07) is 1.56. The Balaban J connectivity index is 3.33. The third kappa shape index (κ3) is 1.90. The van der Waals surface area contributed by atoms with Crippen LogP contribution in [0.1, 0.15) is 22.8 Å². The van der Waals surface area contributed by atoms with Crippen molar-refractivity contribution in [2.24, 2.45) is 5.73 Å². The zero-order valence-electron chi connectivity index (χ0n) is 8.14. The molecule has 3 N–H and O–H groups in total. The van der Waals surface area contributed by atoms with Crippen LogP contribution in [0.25, 0.3) is 0 Å². The van der Waals surface area contributed by atoms with Crippen molar-refractivity contribution >= 4 is 11.6 Å². The van der Waals surface area contributed by atoms with E-state index >= 15 is 0 Å². The van der Waals surface area contributed by atoms with Crippen molar-refractivity contribution < 1.29 is 9.50 Å². The van der Waals surface area contributed by atoms with E-state index in [0.29, 0.717) is 21.7 Å². The third-order valence-electron chi connectivity index (χ3n) is 2.31. The number of aliphatic hydroxyl groups is 1. The van der Waals surface area contributed by atoms with E-state index in [4.69, 9.17) is 17.3 Å². The van der Waals surface area contributed by atoms with Gasteiger partial charge in [-0.15, -0.1) is 0 Å². The molecule has 0 radical (unpaired) electrons. The first kappa shape index (κ1) is 11.4. The first-order valence-corrected chi connectivity index (χ1v) is 4.70. The number of nitrogens with two attached hydrogens (primary N) is 1. The fourth-order valence-electron chi connectivity index (χ4n) is 1.34. The molecular weight excluding hydrogens is 205 g/mol. The van der Waals surface area contributed by atoms with Crippen molar-refractivity contribution in [2.45, 2.75) is 20.0 Å². The highest BCUT2D eigenvalue weighted by Crippen LogP contribution is 2.28. The van der Waals surface area contributed by atoms with Crippen LogP contribution in [0.4, 0.5) is 4.39 Å². The summed E-state index contributed by atoms with van der Waals surface area (Å²) in [4.78, 5) is 0. The zero-order valence-corrected chi connectivity index (χ0v) is 8.90. The van der Waals surface area contributed by atoms with Gasteiger partial charge < -0.3 is 10.8 Å². The van der Waals surface area contributed by atoms with Crippen LogP contribution >= 0.6 is 11.6 Å². The van der Waals surface area contributed by atoms with E-state index in [1.807, 2.05) is 0 Å². The van der Waals surface area contributed by atoms with E-state index in [1.54, 1.807) is 19.9 Å². The second-order valence-corrected chi connectivity index (χ2v) is 3.67. The summed E-state index contributed by atoms with van der Waals surface area (Å²) in [6.45, 7) is 3.26. The molecule has 0 aliphatic carbocycles. The molecule has 0 bridgehead atoms. The molecule has 1 unspecified atom stereocenters. The summed E-state index contributed by atoms with van der Waals surface area (Å²) >= 11 is 5.80. The minimum absolute atomic E-state index is 0.0552. The van der Waals surface area contributed by atoms with Crippen LogP contribution in [-0.4, -0.2) is 11.7 Å². The summed E-state index contributed by atoms with van der Waals surface area (Å²) < 4.78 is 13.5. The van der Waals surface area contributed by atoms with Gasteiger partial charge >= 0.3 is 0 Å².